The Bertz CT molecular complexity index is 510. The van der Waals surface area contributed by atoms with Gasteiger partial charge in [-0.3, -0.25) is 4.55 Å². The van der Waals surface area contributed by atoms with Crippen LogP contribution in [-0.4, -0.2) is 82.5 Å². The summed E-state index contributed by atoms with van der Waals surface area (Å²) in [6, 6.07) is 0. The molecule has 0 radical (unpaired) electrons. The van der Waals surface area contributed by atoms with E-state index >= 15 is 0 Å². The fourth-order valence-electron chi connectivity index (χ4n) is 1.23. The van der Waals surface area contributed by atoms with Crippen LogP contribution in [0.15, 0.2) is 12.2 Å². The Balaban J connectivity index is 0. The minimum Gasteiger partial charge on any atom is -0.544 e. The maximum absolute atomic E-state index is 10.9. The van der Waals surface area contributed by atoms with Gasteiger partial charge >= 0.3 is 5.97 Å². The number of carbonyl (C=O) groups excluding carboxylic acids is 2. The minimum absolute atomic E-state index is 0.0694. The highest BCUT2D eigenvalue weighted by Crippen LogP contribution is 1.91. The Morgan fingerprint density at radius 1 is 1.25 bits per heavy atom. The first-order chi connectivity index (χ1) is 10.7. The van der Waals surface area contributed by atoms with E-state index in [4.69, 9.17) is 9.29 Å². The zero-order valence-electron chi connectivity index (χ0n) is 14.7. The number of carbonyl (C=O) groups is 2. The number of hydrogen-bond donors (Lipinski definition) is 2. The quantitative estimate of drug-likeness (QED) is 0.155. The maximum atomic E-state index is 10.9. The van der Waals surface area contributed by atoms with E-state index in [-0.39, 0.29) is 18.9 Å². The SMILES string of the molecule is C=C(C)C(=O)OCCNCCCS(=O)(=O)O.C[N+](C)(C)CC(=O)[O-]. The van der Waals surface area contributed by atoms with Crippen molar-refractivity contribution in [3.8, 4) is 0 Å². The summed E-state index contributed by atoms with van der Waals surface area (Å²) in [7, 11) is 1.53. The Hall–Kier alpha value is -1.49. The summed E-state index contributed by atoms with van der Waals surface area (Å²) in [4.78, 5) is 20.8. The molecule has 0 aliphatic rings. The fourth-order valence-corrected chi connectivity index (χ4v) is 1.74. The van der Waals surface area contributed by atoms with E-state index in [0.29, 0.717) is 29.6 Å². The second kappa shape index (κ2) is 12.0. The highest BCUT2D eigenvalue weighted by atomic mass is 32.2. The number of carboxylic acids is 1. The van der Waals surface area contributed by atoms with Crippen LogP contribution in [0.1, 0.15) is 13.3 Å². The summed E-state index contributed by atoms with van der Waals surface area (Å²) in [5.74, 6) is -1.72. The standard InChI is InChI=1S/C9H17NO5S.C5H11NO2/c1-8(2)9(11)15-6-5-10-4-3-7-16(12,13)14;1-6(2,3)4-5(7)8/h10H,1,3-7H2,2H3,(H,12,13,14);4H2,1-3H3. The van der Waals surface area contributed by atoms with E-state index in [9.17, 15) is 23.1 Å². The van der Waals surface area contributed by atoms with Gasteiger partial charge in [-0.05, 0) is 19.9 Å². The number of likely N-dealkylation sites (N-methyl/N-ethyl adjacent to an activating group) is 1. The number of hydrogen-bond acceptors (Lipinski definition) is 7. The molecule has 0 amide bonds. The summed E-state index contributed by atoms with van der Waals surface area (Å²) in [5.41, 5.74) is 0.339. The van der Waals surface area contributed by atoms with Gasteiger partial charge in [0.25, 0.3) is 10.1 Å². The highest BCUT2D eigenvalue weighted by molar-refractivity contribution is 7.85. The van der Waals surface area contributed by atoms with Crippen LogP contribution in [0.3, 0.4) is 0 Å². The van der Waals surface area contributed by atoms with Gasteiger partial charge in [0.15, 0.2) is 0 Å². The van der Waals surface area contributed by atoms with E-state index in [1.54, 1.807) is 28.1 Å². The molecule has 0 aromatic carbocycles. The van der Waals surface area contributed by atoms with Gasteiger partial charge < -0.3 is 24.4 Å². The van der Waals surface area contributed by atoms with Gasteiger partial charge in [-0.2, -0.15) is 8.42 Å². The summed E-state index contributed by atoms with van der Waals surface area (Å²) in [6.07, 6.45) is 0.313. The van der Waals surface area contributed by atoms with Gasteiger partial charge in [-0.25, -0.2) is 4.79 Å². The molecule has 9 nitrogen and oxygen atoms in total. The van der Waals surface area contributed by atoms with Crippen LogP contribution in [0.2, 0.25) is 0 Å². The van der Waals surface area contributed by atoms with Crippen LogP contribution in [0, 0.1) is 0 Å². The fraction of sp³-hybridized carbons (Fsp3) is 0.714. The average Bonchev–Trinajstić information content (AvgIpc) is 2.33. The van der Waals surface area contributed by atoms with Crippen LogP contribution in [0.4, 0.5) is 0 Å². The summed E-state index contributed by atoms with van der Waals surface area (Å²) in [5, 5.41) is 12.8. The monoisotopic (exact) mass is 368 g/mol. The predicted octanol–water partition coefficient (Wildman–Crippen LogP) is -1.58. The van der Waals surface area contributed by atoms with Crippen molar-refractivity contribution in [1.29, 1.82) is 0 Å². The lowest BCUT2D eigenvalue weighted by atomic mass is 10.4. The topological polar surface area (TPSA) is 133 Å². The van der Waals surface area contributed by atoms with Crippen molar-refractivity contribution in [1.82, 2.24) is 5.32 Å². The molecule has 0 saturated carbocycles. The molecular weight excluding hydrogens is 340 g/mol. The smallest absolute Gasteiger partial charge is 0.333 e. The molecule has 0 rings (SSSR count). The average molecular weight is 368 g/mol. The summed E-state index contributed by atoms with van der Waals surface area (Å²) in [6.45, 7) is 6.12. The van der Waals surface area contributed by atoms with Gasteiger partial charge in [0.2, 0.25) is 0 Å². The van der Waals surface area contributed by atoms with Crippen molar-refractivity contribution in [3.63, 3.8) is 0 Å². The zero-order valence-corrected chi connectivity index (χ0v) is 15.5. The number of esters is 1. The Labute approximate surface area is 143 Å². The van der Waals surface area contributed by atoms with Crippen LogP contribution in [0.25, 0.3) is 0 Å². The van der Waals surface area contributed by atoms with Crippen molar-refractivity contribution in [2.24, 2.45) is 0 Å². The molecule has 10 heteroatoms. The number of rotatable bonds is 10. The predicted molar refractivity (Wildman–Crippen MR) is 87.6 cm³/mol. The van der Waals surface area contributed by atoms with Gasteiger partial charge in [0.1, 0.15) is 13.2 Å². The lowest BCUT2D eigenvalue weighted by Crippen LogP contribution is -2.45. The van der Waals surface area contributed by atoms with Crippen LogP contribution < -0.4 is 10.4 Å². The molecule has 0 unspecified atom stereocenters. The normalized spacial score (nSPS) is 11.2. The van der Waals surface area contributed by atoms with E-state index in [1.807, 2.05) is 0 Å². The summed E-state index contributed by atoms with van der Waals surface area (Å²) < 4.78 is 34.3. The Morgan fingerprint density at radius 2 is 1.79 bits per heavy atom. The highest BCUT2D eigenvalue weighted by Gasteiger charge is 2.05. The molecule has 0 bridgehead atoms. The first-order valence-electron chi connectivity index (χ1n) is 7.23. The third-order valence-electron chi connectivity index (χ3n) is 2.22. The molecular formula is C14H28N2O7S. The largest absolute Gasteiger partial charge is 0.544 e. The molecule has 0 aromatic rings. The van der Waals surface area contributed by atoms with Crippen LogP contribution >= 0.6 is 0 Å². The molecule has 0 aromatic heterocycles. The second-order valence-electron chi connectivity index (χ2n) is 6.13. The molecule has 0 aliphatic carbocycles. The van der Waals surface area contributed by atoms with Crippen molar-refractivity contribution < 1.29 is 36.9 Å². The first-order valence-corrected chi connectivity index (χ1v) is 8.84. The Morgan fingerprint density at radius 3 is 2.12 bits per heavy atom. The summed E-state index contributed by atoms with van der Waals surface area (Å²) >= 11 is 0. The molecule has 0 spiro atoms. The van der Waals surface area contributed by atoms with Crippen molar-refractivity contribution in [2.75, 3.05) is 53.1 Å². The van der Waals surface area contributed by atoms with Crippen LogP contribution in [-0.2, 0) is 24.4 Å². The molecule has 142 valence electrons. The first kappa shape index (κ1) is 24.8. The van der Waals surface area contributed by atoms with Gasteiger partial charge in [0, 0.05) is 12.1 Å². The minimum atomic E-state index is -3.88. The molecule has 0 fully saturated rings. The van der Waals surface area contributed by atoms with Crippen LogP contribution in [0.5, 0.6) is 0 Å². The van der Waals surface area contributed by atoms with Gasteiger partial charge in [0.05, 0.1) is 32.9 Å². The van der Waals surface area contributed by atoms with E-state index < -0.39 is 22.1 Å². The zero-order chi connectivity index (χ0) is 19.4. The molecule has 0 heterocycles. The van der Waals surface area contributed by atoms with E-state index in [2.05, 4.69) is 11.9 Å². The third-order valence-corrected chi connectivity index (χ3v) is 3.02. The van der Waals surface area contributed by atoms with E-state index in [1.165, 1.54) is 0 Å². The van der Waals surface area contributed by atoms with E-state index in [0.717, 1.165) is 0 Å². The number of nitrogens with zero attached hydrogens (tertiary/aromatic N) is 1. The van der Waals surface area contributed by atoms with Crippen molar-refractivity contribution >= 4 is 22.1 Å². The number of aliphatic carboxylic acids is 1. The second-order valence-corrected chi connectivity index (χ2v) is 7.70. The molecule has 2 N–H and O–H groups in total. The number of carboxylic acid groups (broad SMARTS) is 1. The number of ether oxygens (including phenoxy) is 1. The Kier molecular flexibility index (Phi) is 12.3. The molecule has 0 atom stereocenters. The third kappa shape index (κ3) is 22.8. The number of nitrogens with one attached hydrogen (secondary N) is 1. The van der Waals surface area contributed by atoms with Crippen molar-refractivity contribution in [2.45, 2.75) is 13.3 Å². The molecule has 0 aliphatic heterocycles. The number of quaternary nitrogens is 1. The molecule has 0 saturated heterocycles. The van der Waals surface area contributed by atoms with Gasteiger partial charge in [-0.1, -0.05) is 6.58 Å². The van der Waals surface area contributed by atoms with Gasteiger partial charge in [-0.15, -0.1) is 0 Å². The molecule has 24 heavy (non-hydrogen) atoms. The lowest BCUT2D eigenvalue weighted by Gasteiger charge is -2.23. The lowest BCUT2D eigenvalue weighted by molar-refractivity contribution is -0.864. The maximum Gasteiger partial charge on any atom is 0.333 e. The van der Waals surface area contributed by atoms with Crippen molar-refractivity contribution in [3.05, 3.63) is 12.2 Å².